The van der Waals surface area contributed by atoms with E-state index in [0.717, 1.165) is 6.26 Å². The molecule has 0 aliphatic rings. The Labute approximate surface area is 190 Å². The van der Waals surface area contributed by atoms with Gasteiger partial charge in [-0.3, -0.25) is 13.9 Å². The van der Waals surface area contributed by atoms with Crippen LogP contribution >= 0.6 is 0 Å². The van der Waals surface area contributed by atoms with Crippen LogP contribution in [0.4, 0.5) is 11.4 Å². The number of carbonyl (C=O) groups is 2. The van der Waals surface area contributed by atoms with Crippen LogP contribution in [0.1, 0.15) is 44.0 Å². The van der Waals surface area contributed by atoms with Gasteiger partial charge in [0, 0.05) is 18.5 Å². The predicted molar refractivity (Wildman–Crippen MR) is 127 cm³/mol. The Morgan fingerprint density at radius 2 is 1.66 bits per heavy atom. The Balaban J connectivity index is 2.06. The van der Waals surface area contributed by atoms with Crippen LogP contribution in [-0.4, -0.2) is 45.7 Å². The second-order valence-electron chi connectivity index (χ2n) is 8.41. The number of methoxy groups -OCH3 is 1. The fourth-order valence-corrected chi connectivity index (χ4v) is 4.06. The van der Waals surface area contributed by atoms with Crippen molar-refractivity contribution in [3.63, 3.8) is 0 Å². The highest BCUT2D eigenvalue weighted by Crippen LogP contribution is 2.29. The molecule has 2 rings (SSSR count). The molecule has 0 saturated heterocycles. The maximum absolute atomic E-state index is 12.5. The normalized spacial score (nSPS) is 11.5. The average molecular weight is 462 g/mol. The summed E-state index contributed by atoms with van der Waals surface area (Å²) < 4.78 is 31.2. The highest BCUT2D eigenvalue weighted by molar-refractivity contribution is 7.92. The van der Waals surface area contributed by atoms with Crippen molar-refractivity contribution in [1.82, 2.24) is 5.32 Å². The van der Waals surface area contributed by atoms with E-state index in [4.69, 9.17) is 4.74 Å². The zero-order chi connectivity index (χ0) is 23.9. The monoisotopic (exact) mass is 461 g/mol. The minimum absolute atomic E-state index is 0.0798. The number of hydrogen-bond acceptors (Lipinski definition) is 5. The van der Waals surface area contributed by atoms with Crippen LogP contribution in [0, 0.1) is 0 Å². The third-order valence-corrected chi connectivity index (χ3v) is 5.63. The minimum atomic E-state index is -3.57. The van der Waals surface area contributed by atoms with Crippen molar-refractivity contribution in [2.75, 3.05) is 29.5 Å². The molecule has 0 atom stereocenters. The van der Waals surface area contributed by atoms with Crippen LogP contribution in [-0.2, 0) is 14.8 Å². The van der Waals surface area contributed by atoms with E-state index in [1.807, 2.05) is 20.8 Å². The molecule has 0 aliphatic carbocycles. The molecule has 9 heteroatoms. The molecule has 2 aromatic rings. The molecule has 0 aliphatic heterocycles. The Hall–Kier alpha value is -3.07. The van der Waals surface area contributed by atoms with Crippen molar-refractivity contribution in [3.8, 4) is 5.75 Å². The molecule has 0 saturated carbocycles. The van der Waals surface area contributed by atoms with Gasteiger partial charge in [-0.15, -0.1) is 0 Å². The van der Waals surface area contributed by atoms with Crippen LogP contribution < -0.4 is 19.7 Å². The number of anilines is 2. The first-order chi connectivity index (χ1) is 14.9. The summed E-state index contributed by atoms with van der Waals surface area (Å²) in [4.78, 5) is 25.1. The number of amides is 2. The number of nitrogens with zero attached hydrogens (tertiary/aromatic N) is 1. The number of nitrogens with one attached hydrogen (secondary N) is 2. The van der Waals surface area contributed by atoms with E-state index >= 15 is 0 Å². The van der Waals surface area contributed by atoms with E-state index in [-0.39, 0.29) is 31.2 Å². The molecule has 0 heterocycles. The maximum atomic E-state index is 12.5. The molecule has 32 heavy (non-hydrogen) atoms. The fraction of sp³-hybridized carbons (Fsp3) is 0.391. The SMILES string of the molecule is COc1ccccc1N(CCCC(=O)Nc1ccccc1C(=O)NC(C)(C)C)S(C)(=O)=O. The van der Waals surface area contributed by atoms with Crippen molar-refractivity contribution in [3.05, 3.63) is 54.1 Å². The number of hydrogen-bond donors (Lipinski definition) is 2. The van der Waals surface area contributed by atoms with E-state index in [0.29, 0.717) is 22.7 Å². The topological polar surface area (TPSA) is 105 Å². The van der Waals surface area contributed by atoms with Crippen LogP contribution in [0.5, 0.6) is 5.75 Å². The summed E-state index contributed by atoms with van der Waals surface area (Å²) in [5.41, 5.74) is 0.774. The van der Waals surface area contributed by atoms with Crippen molar-refractivity contribution >= 4 is 33.2 Å². The minimum Gasteiger partial charge on any atom is -0.495 e. The Morgan fingerprint density at radius 1 is 1.03 bits per heavy atom. The summed E-state index contributed by atoms with van der Waals surface area (Å²) in [6, 6.07) is 13.6. The Bertz CT molecular complexity index is 1060. The van der Waals surface area contributed by atoms with Crippen molar-refractivity contribution < 1.29 is 22.7 Å². The molecule has 2 amide bonds. The number of rotatable bonds is 9. The van der Waals surface area contributed by atoms with Gasteiger partial charge in [-0.25, -0.2) is 8.42 Å². The molecule has 174 valence electrons. The van der Waals surface area contributed by atoms with Gasteiger partial charge >= 0.3 is 0 Å². The standard InChI is InChI=1S/C23H31N3O5S/c1-23(2,3)25-22(28)17-11-6-7-12-18(17)24-21(27)15-10-16-26(32(5,29)30)19-13-8-9-14-20(19)31-4/h6-9,11-14H,10,15-16H2,1-5H3,(H,24,27)(H,25,28). The molecule has 0 spiro atoms. The molecule has 0 radical (unpaired) electrons. The van der Waals surface area contributed by atoms with Crippen molar-refractivity contribution in [2.45, 2.75) is 39.2 Å². The van der Waals surface area contributed by atoms with Crippen molar-refractivity contribution in [1.29, 1.82) is 0 Å². The third-order valence-electron chi connectivity index (χ3n) is 4.45. The highest BCUT2D eigenvalue weighted by atomic mass is 32.2. The van der Waals surface area contributed by atoms with Gasteiger partial charge in [0.2, 0.25) is 15.9 Å². The van der Waals surface area contributed by atoms with E-state index in [1.54, 1.807) is 48.5 Å². The van der Waals surface area contributed by atoms with Crippen molar-refractivity contribution in [2.24, 2.45) is 0 Å². The van der Waals surface area contributed by atoms with Gasteiger partial charge in [0.1, 0.15) is 5.75 Å². The molecule has 2 N–H and O–H groups in total. The second-order valence-corrected chi connectivity index (χ2v) is 10.3. The summed E-state index contributed by atoms with van der Waals surface area (Å²) >= 11 is 0. The molecule has 0 unspecified atom stereocenters. The van der Waals surface area contributed by atoms with Gasteiger partial charge in [-0.2, -0.15) is 0 Å². The first kappa shape index (κ1) is 25.2. The third kappa shape index (κ3) is 7.26. The van der Waals surface area contributed by atoms with Crippen LogP contribution in [0.25, 0.3) is 0 Å². The molecule has 0 bridgehead atoms. The van der Waals surface area contributed by atoms with Gasteiger partial charge in [-0.1, -0.05) is 24.3 Å². The van der Waals surface area contributed by atoms with Crippen LogP contribution in [0.3, 0.4) is 0 Å². The number of benzene rings is 2. The lowest BCUT2D eigenvalue weighted by Crippen LogP contribution is -2.40. The summed E-state index contributed by atoms with van der Waals surface area (Å²) in [5.74, 6) is -0.163. The van der Waals surface area contributed by atoms with Crippen LogP contribution in [0.15, 0.2) is 48.5 Å². The first-order valence-electron chi connectivity index (χ1n) is 10.2. The quantitative estimate of drug-likeness (QED) is 0.595. The summed E-state index contributed by atoms with van der Waals surface area (Å²) in [6.45, 7) is 5.74. The van der Waals surface area contributed by atoms with Gasteiger partial charge in [0.25, 0.3) is 5.91 Å². The fourth-order valence-electron chi connectivity index (χ4n) is 3.09. The summed E-state index contributed by atoms with van der Waals surface area (Å²) in [6.07, 6.45) is 1.48. The van der Waals surface area contributed by atoms with Gasteiger partial charge in [0.05, 0.1) is 30.3 Å². The van der Waals surface area contributed by atoms with E-state index < -0.39 is 15.6 Å². The predicted octanol–water partition coefficient (Wildman–Crippen LogP) is 3.41. The summed E-state index contributed by atoms with van der Waals surface area (Å²) in [5, 5.41) is 5.64. The van der Waals surface area contributed by atoms with Crippen LogP contribution in [0.2, 0.25) is 0 Å². The van der Waals surface area contributed by atoms with E-state index in [2.05, 4.69) is 10.6 Å². The lowest BCUT2D eigenvalue weighted by Gasteiger charge is -2.24. The first-order valence-corrected chi connectivity index (χ1v) is 12.1. The number of sulfonamides is 1. The number of ether oxygens (including phenoxy) is 1. The maximum Gasteiger partial charge on any atom is 0.253 e. The van der Waals surface area contributed by atoms with Gasteiger partial charge in [-0.05, 0) is 51.5 Å². The average Bonchev–Trinajstić information content (AvgIpc) is 2.69. The largest absolute Gasteiger partial charge is 0.495 e. The number of para-hydroxylation sites is 3. The molecule has 0 aromatic heterocycles. The molecular formula is C23H31N3O5S. The van der Waals surface area contributed by atoms with Gasteiger partial charge in [0.15, 0.2) is 0 Å². The Kier molecular flexibility index (Phi) is 8.26. The molecule has 0 fully saturated rings. The molecule has 2 aromatic carbocycles. The molecule has 8 nitrogen and oxygen atoms in total. The zero-order valence-electron chi connectivity index (χ0n) is 19.1. The zero-order valence-corrected chi connectivity index (χ0v) is 20.0. The molecular weight excluding hydrogens is 430 g/mol. The highest BCUT2D eigenvalue weighted by Gasteiger charge is 2.22. The lowest BCUT2D eigenvalue weighted by atomic mass is 10.1. The number of carbonyl (C=O) groups excluding carboxylic acids is 2. The van der Waals surface area contributed by atoms with E-state index in [9.17, 15) is 18.0 Å². The Morgan fingerprint density at radius 3 is 2.28 bits per heavy atom. The smallest absolute Gasteiger partial charge is 0.253 e. The second kappa shape index (κ2) is 10.5. The van der Waals surface area contributed by atoms with E-state index in [1.165, 1.54) is 11.4 Å². The summed E-state index contributed by atoms with van der Waals surface area (Å²) in [7, 11) is -2.10. The lowest BCUT2D eigenvalue weighted by molar-refractivity contribution is -0.116. The van der Waals surface area contributed by atoms with Gasteiger partial charge < -0.3 is 15.4 Å².